The number of aryl methyl sites for hydroxylation is 2. The van der Waals surface area contributed by atoms with Crippen LogP contribution >= 0.6 is 11.8 Å². The van der Waals surface area contributed by atoms with Crippen LogP contribution in [0.2, 0.25) is 0 Å². The third-order valence-corrected chi connectivity index (χ3v) is 5.24. The van der Waals surface area contributed by atoms with Gasteiger partial charge in [0.2, 0.25) is 0 Å². The molecule has 0 amide bonds. The first-order chi connectivity index (χ1) is 14.2. The molecule has 0 aliphatic carbocycles. The lowest BCUT2D eigenvalue weighted by Gasteiger charge is -2.10. The van der Waals surface area contributed by atoms with Crippen molar-refractivity contribution in [3.63, 3.8) is 0 Å². The molecule has 7 heteroatoms. The van der Waals surface area contributed by atoms with Crippen molar-refractivity contribution >= 4 is 11.8 Å². The molecule has 0 N–H and O–H groups in total. The lowest BCUT2D eigenvalue weighted by Crippen LogP contribution is -2.06. The summed E-state index contributed by atoms with van der Waals surface area (Å²) >= 11 is 1.61. The molecular weight excluding hydrogens is 384 g/mol. The van der Waals surface area contributed by atoms with E-state index in [0.29, 0.717) is 13.2 Å². The standard InChI is InChI=1S/C22H22N4O2S/c1-16-11-17(2)13-20(12-16)28-9-10-29-22-25-24-21(18-5-3-7-23-14-18)26(22)15-19-6-4-8-27-19/h3-8,11-14H,9-10,15H2,1-2H3. The van der Waals surface area contributed by atoms with Crippen LogP contribution < -0.4 is 4.74 Å². The second-order valence-electron chi connectivity index (χ2n) is 6.73. The molecule has 0 aliphatic heterocycles. The highest BCUT2D eigenvalue weighted by Crippen LogP contribution is 2.25. The number of rotatable bonds is 8. The summed E-state index contributed by atoms with van der Waals surface area (Å²) in [6.07, 6.45) is 5.21. The maximum atomic E-state index is 5.92. The van der Waals surface area contributed by atoms with Gasteiger partial charge in [0.1, 0.15) is 11.5 Å². The minimum Gasteiger partial charge on any atom is -0.493 e. The lowest BCUT2D eigenvalue weighted by atomic mass is 10.1. The molecular formula is C22H22N4O2S. The predicted octanol–water partition coefficient (Wildman–Crippen LogP) is 4.77. The van der Waals surface area contributed by atoms with Crippen LogP contribution in [0.5, 0.6) is 5.75 Å². The lowest BCUT2D eigenvalue weighted by molar-refractivity contribution is 0.343. The van der Waals surface area contributed by atoms with Gasteiger partial charge in [-0.05, 0) is 61.4 Å². The molecule has 148 valence electrons. The summed E-state index contributed by atoms with van der Waals surface area (Å²) in [6, 6.07) is 13.9. The van der Waals surface area contributed by atoms with Crippen LogP contribution in [0, 0.1) is 13.8 Å². The maximum absolute atomic E-state index is 5.92. The molecule has 0 saturated carbocycles. The zero-order valence-corrected chi connectivity index (χ0v) is 17.2. The number of benzene rings is 1. The van der Waals surface area contributed by atoms with Crippen molar-refractivity contribution in [2.75, 3.05) is 12.4 Å². The second kappa shape index (κ2) is 8.96. The Kier molecular flexibility index (Phi) is 5.95. The van der Waals surface area contributed by atoms with Gasteiger partial charge in [0.25, 0.3) is 0 Å². The molecule has 0 aliphatic rings. The zero-order chi connectivity index (χ0) is 20.1. The number of thioether (sulfide) groups is 1. The van der Waals surface area contributed by atoms with Crippen LogP contribution in [0.1, 0.15) is 16.9 Å². The molecule has 0 saturated heterocycles. The number of hydrogen-bond donors (Lipinski definition) is 0. The third kappa shape index (κ3) is 4.86. The number of ether oxygens (including phenoxy) is 1. The van der Waals surface area contributed by atoms with Crippen LogP contribution in [0.25, 0.3) is 11.4 Å². The topological polar surface area (TPSA) is 66.0 Å². The molecule has 0 spiro atoms. The van der Waals surface area contributed by atoms with E-state index in [1.165, 1.54) is 11.1 Å². The summed E-state index contributed by atoms with van der Waals surface area (Å²) in [5.41, 5.74) is 3.32. The summed E-state index contributed by atoms with van der Waals surface area (Å²) in [7, 11) is 0. The van der Waals surface area contributed by atoms with Gasteiger partial charge < -0.3 is 9.15 Å². The first-order valence-corrected chi connectivity index (χ1v) is 10.4. The summed E-state index contributed by atoms with van der Waals surface area (Å²) in [6.45, 7) is 5.30. The van der Waals surface area contributed by atoms with Crippen molar-refractivity contribution in [3.05, 3.63) is 78.0 Å². The molecule has 29 heavy (non-hydrogen) atoms. The Morgan fingerprint density at radius 1 is 1.07 bits per heavy atom. The van der Waals surface area contributed by atoms with Crippen molar-refractivity contribution in [2.45, 2.75) is 25.5 Å². The van der Waals surface area contributed by atoms with E-state index < -0.39 is 0 Å². The number of nitrogens with zero attached hydrogens (tertiary/aromatic N) is 4. The Morgan fingerprint density at radius 2 is 1.93 bits per heavy atom. The zero-order valence-electron chi connectivity index (χ0n) is 16.4. The van der Waals surface area contributed by atoms with E-state index in [1.54, 1.807) is 30.4 Å². The SMILES string of the molecule is Cc1cc(C)cc(OCCSc2nnc(-c3cccnc3)n2Cc2ccco2)c1. The van der Waals surface area contributed by atoms with Gasteiger partial charge in [-0.25, -0.2) is 0 Å². The van der Waals surface area contributed by atoms with E-state index in [-0.39, 0.29) is 0 Å². The van der Waals surface area contributed by atoms with E-state index in [0.717, 1.165) is 33.8 Å². The van der Waals surface area contributed by atoms with E-state index in [2.05, 4.69) is 51.8 Å². The van der Waals surface area contributed by atoms with Crippen molar-refractivity contribution in [3.8, 4) is 17.1 Å². The fourth-order valence-corrected chi connectivity index (χ4v) is 3.87. The fraction of sp³-hybridized carbons (Fsp3) is 0.227. The Balaban J connectivity index is 1.47. The maximum Gasteiger partial charge on any atom is 0.192 e. The van der Waals surface area contributed by atoms with Crippen LogP contribution in [-0.2, 0) is 6.54 Å². The smallest absolute Gasteiger partial charge is 0.192 e. The van der Waals surface area contributed by atoms with Gasteiger partial charge in [-0.2, -0.15) is 0 Å². The Bertz CT molecular complexity index is 1040. The Hall–Kier alpha value is -3.06. The highest BCUT2D eigenvalue weighted by molar-refractivity contribution is 7.99. The van der Waals surface area contributed by atoms with Crippen LogP contribution in [0.3, 0.4) is 0 Å². The van der Waals surface area contributed by atoms with E-state index in [9.17, 15) is 0 Å². The fourth-order valence-electron chi connectivity index (χ4n) is 3.11. The summed E-state index contributed by atoms with van der Waals surface area (Å²) in [5, 5.41) is 9.62. The average molecular weight is 407 g/mol. The molecule has 3 heterocycles. The molecule has 0 unspecified atom stereocenters. The van der Waals surface area contributed by atoms with Gasteiger partial charge in [0.05, 0.1) is 19.4 Å². The molecule has 0 fully saturated rings. The van der Waals surface area contributed by atoms with Crippen LogP contribution in [-0.4, -0.2) is 32.1 Å². The van der Waals surface area contributed by atoms with Gasteiger partial charge in [0, 0.05) is 23.7 Å². The van der Waals surface area contributed by atoms with Gasteiger partial charge in [0.15, 0.2) is 11.0 Å². The monoisotopic (exact) mass is 406 g/mol. The van der Waals surface area contributed by atoms with Crippen molar-refractivity contribution in [1.29, 1.82) is 0 Å². The minimum absolute atomic E-state index is 0.560. The summed E-state index contributed by atoms with van der Waals surface area (Å²) in [4.78, 5) is 4.20. The van der Waals surface area contributed by atoms with Crippen molar-refractivity contribution in [1.82, 2.24) is 19.7 Å². The molecule has 0 radical (unpaired) electrons. The number of pyridine rings is 1. The molecule has 3 aromatic heterocycles. The van der Waals surface area contributed by atoms with Gasteiger partial charge >= 0.3 is 0 Å². The molecule has 6 nitrogen and oxygen atoms in total. The molecule has 1 aromatic carbocycles. The minimum atomic E-state index is 0.560. The Labute approximate surface area is 174 Å². The number of furan rings is 1. The van der Waals surface area contributed by atoms with Crippen LogP contribution in [0.4, 0.5) is 0 Å². The van der Waals surface area contributed by atoms with Gasteiger partial charge in [-0.15, -0.1) is 10.2 Å². The van der Waals surface area contributed by atoms with E-state index in [1.807, 2.05) is 24.3 Å². The van der Waals surface area contributed by atoms with Gasteiger partial charge in [-0.1, -0.05) is 17.8 Å². The number of aromatic nitrogens is 4. The third-order valence-electron chi connectivity index (χ3n) is 4.31. The quantitative estimate of drug-likeness (QED) is 0.310. The largest absolute Gasteiger partial charge is 0.493 e. The van der Waals surface area contributed by atoms with Gasteiger partial charge in [-0.3, -0.25) is 9.55 Å². The summed E-state index contributed by atoms with van der Waals surface area (Å²) < 4.78 is 13.5. The summed E-state index contributed by atoms with van der Waals surface area (Å²) in [5.74, 6) is 3.28. The normalized spacial score (nSPS) is 11.0. The first-order valence-electron chi connectivity index (χ1n) is 9.39. The molecule has 4 aromatic rings. The van der Waals surface area contributed by atoms with Crippen molar-refractivity contribution in [2.24, 2.45) is 0 Å². The molecule has 0 atom stereocenters. The molecule has 4 rings (SSSR count). The van der Waals surface area contributed by atoms with E-state index in [4.69, 9.17) is 9.15 Å². The predicted molar refractivity (Wildman–Crippen MR) is 113 cm³/mol. The molecule has 0 bridgehead atoms. The average Bonchev–Trinajstić information content (AvgIpc) is 3.36. The number of hydrogen-bond acceptors (Lipinski definition) is 6. The highest BCUT2D eigenvalue weighted by Gasteiger charge is 2.16. The second-order valence-corrected chi connectivity index (χ2v) is 7.80. The first kappa shape index (κ1) is 19.3. The highest BCUT2D eigenvalue weighted by atomic mass is 32.2. The van der Waals surface area contributed by atoms with Crippen molar-refractivity contribution < 1.29 is 9.15 Å². The van der Waals surface area contributed by atoms with E-state index >= 15 is 0 Å². The van der Waals surface area contributed by atoms with Crippen LogP contribution in [0.15, 0.2) is 70.7 Å². The Morgan fingerprint density at radius 3 is 2.66 bits per heavy atom.